The van der Waals surface area contributed by atoms with Gasteiger partial charge in [0, 0.05) is 0 Å². The number of rotatable bonds is 13. The third-order valence-electron chi connectivity index (χ3n) is 6.59. The number of carbonyl (C=O) groups excluding carboxylic acids is 1. The molecule has 1 aliphatic heterocycles. The molecule has 1 aromatic rings. The molecule has 1 saturated heterocycles. The van der Waals surface area contributed by atoms with Gasteiger partial charge in [0.25, 0.3) is 0 Å². The predicted octanol–water partition coefficient (Wildman–Crippen LogP) is 7.56. The van der Waals surface area contributed by atoms with Crippen LogP contribution >= 0.6 is 0 Å². The second kappa shape index (κ2) is 13.5. The Balaban J connectivity index is 1.86. The van der Waals surface area contributed by atoms with Crippen LogP contribution in [0.1, 0.15) is 123 Å². The molecule has 1 amide bonds. The van der Waals surface area contributed by atoms with Crippen LogP contribution in [0.5, 0.6) is 0 Å². The van der Waals surface area contributed by atoms with E-state index in [1.165, 1.54) is 69.8 Å². The molecule has 2 atom stereocenters. The SMILES string of the molecule is CCCCCCCCCCCCc1cccc([C@@H](O)[C@@H]2COC(C)(C)N2C(=O)OC(C)(C)C)c1. The van der Waals surface area contributed by atoms with E-state index in [9.17, 15) is 9.90 Å². The van der Waals surface area contributed by atoms with Gasteiger partial charge >= 0.3 is 6.09 Å². The summed E-state index contributed by atoms with van der Waals surface area (Å²) in [4.78, 5) is 14.5. The van der Waals surface area contributed by atoms with Crippen molar-refractivity contribution in [2.75, 3.05) is 6.61 Å². The fourth-order valence-corrected chi connectivity index (χ4v) is 4.70. The van der Waals surface area contributed by atoms with Crippen molar-refractivity contribution in [1.29, 1.82) is 0 Å². The summed E-state index contributed by atoms with van der Waals surface area (Å²) in [7, 11) is 0. The molecule has 1 aliphatic rings. The lowest BCUT2D eigenvalue weighted by Gasteiger charge is -2.36. The summed E-state index contributed by atoms with van der Waals surface area (Å²) in [5, 5.41) is 11.2. The van der Waals surface area contributed by atoms with Crippen molar-refractivity contribution < 1.29 is 19.4 Å². The van der Waals surface area contributed by atoms with E-state index < -0.39 is 29.6 Å². The highest BCUT2D eigenvalue weighted by molar-refractivity contribution is 5.70. The van der Waals surface area contributed by atoms with Crippen molar-refractivity contribution in [1.82, 2.24) is 4.90 Å². The number of unbranched alkanes of at least 4 members (excludes halogenated alkanes) is 9. The van der Waals surface area contributed by atoms with E-state index in [0.29, 0.717) is 0 Å². The van der Waals surface area contributed by atoms with Gasteiger partial charge in [0.2, 0.25) is 0 Å². The summed E-state index contributed by atoms with van der Waals surface area (Å²) in [6, 6.07) is 7.66. The average Bonchev–Trinajstić information content (AvgIpc) is 3.08. The molecule has 5 nitrogen and oxygen atoms in total. The predicted molar refractivity (Wildman–Crippen MR) is 139 cm³/mol. The molecule has 2 rings (SSSR count). The van der Waals surface area contributed by atoms with Crippen molar-refractivity contribution in [3.8, 4) is 0 Å². The van der Waals surface area contributed by atoms with Crippen molar-refractivity contribution in [3.63, 3.8) is 0 Å². The first-order valence-electron chi connectivity index (χ1n) is 13.5. The normalized spacial score (nSPS) is 18.8. The number of aliphatic hydroxyl groups is 1. The van der Waals surface area contributed by atoms with Gasteiger partial charge in [0.15, 0.2) is 0 Å². The van der Waals surface area contributed by atoms with Crippen LogP contribution in [0.2, 0.25) is 0 Å². The Hall–Kier alpha value is -1.59. The molecule has 194 valence electrons. The number of carbonyl (C=O) groups is 1. The third-order valence-corrected chi connectivity index (χ3v) is 6.59. The highest BCUT2D eigenvalue weighted by Gasteiger charge is 2.48. The first-order valence-corrected chi connectivity index (χ1v) is 13.5. The van der Waals surface area contributed by atoms with Crippen molar-refractivity contribution in [3.05, 3.63) is 35.4 Å². The minimum Gasteiger partial charge on any atom is -0.444 e. The summed E-state index contributed by atoms with van der Waals surface area (Å²) in [6.07, 6.45) is 13.0. The van der Waals surface area contributed by atoms with Gasteiger partial charge in [-0.2, -0.15) is 0 Å². The van der Waals surface area contributed by atoms with Gasteiger partial charge < -0.3 is 14.6 Å². The summed E-state index contributed by atoms with van der Waals surface area (Å²) in [6.45, 7) is 11.7. The molecule has 5 heteroatoms. The van der Waals surface area contributed by atoms with Crippen molar-refractivity contribution >= 4 is 6.09 Å². The van der Waals surface area contributed by atoms with Gasteiger partial charge in [-0.15, -0.1) is 0 Å². The van der Waals surface area contributed by atoms with Crippen LogP contribution in [0, 0.1) is 0 Å². The molecule has 1 fully saturated rings. The van der Waals surface area contributed by atoms with E-state index in [1.807, 2.05) is 46.8 Å². The topological polar surface area (TPSA) is 59.0 Å². The molecule has 1 aromatic carbocycles. The molecule has 0 radical (unpaired) electrons. The lowest BCUT2D eigenvalue weighted by Crippen LogP contribution is -2.51. The number of nitrogens with zero attached hydrogens (tertiary/aromatic N) is 1. The second-order valence-electron chi connectivity index (χ2n) is 11.3. The van der Waals surface area contributed by atoms with E-state index >= 15 is 0 Å². The van der Waals surface area contributed by atoms with Crippen molar-refractivity contribution in [2.24, 2.45) is 0 Å². The van der Waals surface area contributed by atoms with E-state index in [1.54, 1.807) is 4.90 Å². The van der Waals surface area contributed by atoms with Crippen LogP contribution in [0.4, 0.5) is 4.79 Å². The maximum atomic E-state index is 12.9. The summed E-state index contributed by atoms with van der Waals surface area (Å²) in [5.74, 6) is 0. The number of aryl methyl sites for hydroxylation is 1. The Kier molecular flexibility index (Phi) is 11.4. The van der Waals surface area contributed by atoms with Crippen LogP contribution < -0.4 is 0 Å². The third kappa shape index (κ3) is 9.22. The quantitative estimate of drug-likeness (QED) is 0.299. The highest BCUT2D eigenvalue weighted by Crippen LogP contribution is 2.35. The summed E-state index contributed by atoms with van der Waals surface area (Å²) >= 11 is 0. The van der Waals surface area contributed by atoms with E-state index in [2.05, 4.69) is 19.1 Å². The minimum atomic E-state index is -0.832. The molecular weight excluding hydrogens is 426 g/mol. The summed E-state index contributed by atoms with van der Waals surface area (Å²) in [5.41, 5.74) is 0.615. The van der Waals surface area contributed by atoms with Crippen LogP contribution in [0.25, 0.3) is 0 Å². The Morgan fingerprint density at radius 2 is 1.68 bits per heavy atom. The van der Waals surface area contributed by atoms with Crippen molar-refractivity contribution in [2.45, 2.75) is 136 Å². The van der Waals surface area contributed by atoms with E-state index in [-0.39, 0.29) is 6.61 Å². The zero-order valence-electron chi connectivity index (χ0n) is 22.6. The second-order valence-corrected chi connectivity index (χ2v) is 11.3. The first kappa shape index (κ1) is 28.6. The zero-order chi connectivity index (χ0) is 25.2. The number of hydrogen-bond acceptors (Lipinski definition) is 4. The van der Waals surface area contributed by atoms with Gasteiger partial charge in [-0.05, 0) is 58.6 Å². The average molecular weight is 476 g/mol. The van der Waals surface area contributed by atoms with Crippen LogP contribution in [0.3, 0.4) is 0 Å². The van der Waals surface area contributed by atoms with Crippen LogP contribution in [-0.2, 0) is 15.9 Å². The number of hydrogen-bond donors (Lipinski definition) is 1. The highest BCUT2D eigenvalue weighted by atomic mass is 16.6. The van der Waals surface area contributed by atoms with E-state index in [4.69, 9.17) is 9.47 Å². The number of ether oxygens (including phenoxy) is 2. The molecule has 0 spiro atoms. The minimum absolute atomic E-state index is 0.274. The molecular formula is C29H49NO4. The lowest BCUT2D eigenvalue weighted by atomic mass is 9.97. The molecule has 1 N–H and O–H groups in total. The van der Waals surface area contributed by atoms with Gasteiger partial charge in [-0.3, -0.25) is 4.90 Å². The maximum absolute atomic E-state index is 12.9. The van der Waals surface area contributed by atoms with Crippen LogP contribution in [-0.4, -0.2) is 40.1 Å². The fraction of sp³-hybridized carbons (Fsp3) is 0.759. The number of benzene rings is 1. The van der Waals surface area contributed by atoms with Gasteiger partial charge in [-0.1, -0.05) is 89.0 Å². The molecule has 1 heterocycles. The smallest absolute Gasteiger partial charge is 0.413 e. The lowest BCUT2D eigenvalue weighted by molar-refractivity contribution is -0.0679. The number of aliphatic hydroxyl groups excluding tert-OH is 1. The Bertz CT molecular complexity index is 740. The maximum Gasteiger partial charge on any atom is 0.413 e. The first-order chi connectivity index (χ1) is 16.0. The van der Waals surface area contributed by atoms with Crippen LogP contribution in [0.15, 0.2) is 24.3 Å². The Morgan fingerprint density at radius 1 is 1.09 bits per heavy atom. The molecule has 34 heavy (non-hydrogen) atoms. The molecule has 0 bridgehead atoms. The monoisotopic (exact) mass is 475 g/mol. The molecule has 0 aromatic heterocycles. The Labute approximate surface area is 208 Å². The zero-order valence-corrected chi connectivity index (χ0v) is 22.6. The Morgan fingerprint density at radius 3 is 2.26 bits per heavy atom. The molecule has 0 unspecified atom stereocenters. The summed E-state index contributed by atoms with van der Waals surface area (Å²) < 4.78 is 11.5. The van der Waals surface area contributed by atoms with Gasteiger partial charge in [0.05, 0.1) is 12.6 Å². The fourth-order valence-electron chi connectivity index (χ4n) is 4.70. The standard InChI is InChI=1S/C29H49NO4/c1-7-8-9-10-11-12-13-14-15-16-18-23-19-17-20-24(21-23)26(31)25-22-33-29(5,6)30(25)27(32)34-28(2,3)4/h17,19-21,25-26,31H,7-16,18,22H2,1-6H3/t25-,26+/m0/s1. The number of amides is 1. The largest absolute Gasteiger partial charge is 0.444 e. The van der Waals surface area contributed by atoms with Gasteiger partial charge in [0.1, 0.15) is 17.4 Å². The molecule has 0 aliphatic carbocycles. The van der Waals surface area contributed by atoms with E-state index in [0.717, 1.165) is 12.0 Å². The van der Waals surface area contributed by atoms with Gasteiger partial charge in [-0.25, -0.2) is 4.79 Å². The molecule has 0 saturated carbocycles.